The van der Waals surface area contributed by atoms with Crippen LogP contribution in [-0.2, 0) is 10.0 Å². The highest BCUT2D eigenvalue weighted by atomic mass is 35.5. The summed E-state index contributed by atoms with van der Waals surface area (Å²) in [5.41, 5.74) is -1.20. The Morgan fingerprint density at radius 2 is 1.86 bits per heavy atom. The predicted molar refractivity (Wildman–Crippen MR) is 100 cm³/mol. The van der Waals surface area contributed by atoms with Gasteiger partial charge in [0.2, 0.25) is 0 Å². The molecule has 2 aromatic carbocycles. The number of hydrogen-bond donors (Lipinski definition) is 2. The van der Waals surface area contributed by atoms with Crippen LogP contribution in [0.15, 0.2) is 29.2 Å². The first-order valence-electron chi connectivity index (χ1n) is 7.48. The fourth-order valence-corrected chi connectivity index (χ4v) is 3.74. The number of nitro groups is 1. The van der Waals surface area contributed by atoms with Crippen LogP contribution in [-0.4, -0.2) is 38.6 Å². The number of rotatable bonds is 7. The number of halogens is 1. The van der Waals surface area contributed by atoms with Crippen molar-refractivity contribution in [3.05, 3.63) is 50.5 Å². The second kappa shape index (κ2) is 7.90. The van der Waals surface area contributed by atoms with E-state index in [9.17, 15) is 28.4 Å². The molecular weight excluding hydrogens is 416 g/mol. The van der Waals surface area contributed by atoms with Gasteiger partial charge in [-0.2, -0.15) is 0 Å². The van der Waals surface area contributed by atoms with Gasteiger partial charge < -0.3 is 14.6 Å². The summed E-state index contributed by atoms with van der Waals surface area (Å²) in [5, 5.41) is 20.4. The van der Waals surface area contributed by atoms with Gasteiger partial charge in [-0.3, -0.25) is 14.8 Å². The number of nitro benzene ring substituents is 1. The second-order valence-electron chi connectivity index (χ2n) is 5.47. The molecule has 0 saturated heterocycles. The van der Waals surface area contributed by atoms with Crippen LogP contribution in [0.3, 0.4) is 0 Å². The Kier molecular flexibility index (Phi) is 6.00. The molecule has 0 spiro atoms. The Hall–Kier alpha value is -3.05. The van der Waals surface area contributed by atoms with E-state index in [1.807, 2.05) is 0 Å². The maximum absolute atomic E-state index is 12.8. The van der Waals surface area contributed by atoms with Gasteiger partial charge in [-0.25, -0.2) is 13.2 Å². The Balaban J connectivity index is 2.65. The van der Waals surface area contributed by atoms with Crippen molar-refractivity contribution in [2.75, 3.05) is 18.9 Å². The van der Waals surface area contributed by atoms with Gasteiger partial charge in [0.05, 0.1) is 34.6 Å². The lowest BCUT2D eigenvalue weighted by Gasteiger charge is -2.16. The quantitative estimate of drug-likeness (QED) is 0.503. The first kappa shape index (κ1) is 21.3. The van der Waals surface area contributed by atoms with E-state index in [0.29, 0.717) is 0 Å². The van der Waals surface area contributed by atoms with Gasteiger partial charge in [0.25, 0.3) is 15.7 Å². The summed E-state index contributed by atoms with van der Waals surface area (Å²) in [6.07, 6.45) is 0. The van der Waals surface area contributed by atoms with Crippen molar-refractivity contribution in [1.82, 2.24) is 0 Å². The van der Waals surface area contributed by atoms with Crippen LogP contribution in [0.4, 0.5) is 11.4 Å². The molecule has 28 heavy (non-hydrogen) atoms. The summed E-state index contributed by atoms with van der Waals surface area (Å²) in [5.74, 6) is -1.43. The van der Waals surface area contributed by atoms with Crippen LogP contribution in [0.1, 0.15) is 15.9 Å². The standard InChI is InChI=1S/C16H15ClN2O8S/c1-8-12(17)6-10(7-13(8)19(22)23)28(24,25)18-15-11(16(20)21)4-9(26-2)5-14(15)27-3/h4-7,18H,1-3H3,(H,20,21). The molecule has 0 fully saturated rings. The van der Waals surface area contributed by atoms with E-state index in [1.165, 1.54) is 27.2 Å². The van der Waals surface area contributed by atoms with Gasteiger partial charge in [0.15, 0.2) is 0 Å². The molecule has 0 aliphatic heterocycles. The number of sulfonamides is 1. The summed E-state index contributed by atoms with van der Waals surface area (Å²) < 4.78 is 37.7. The van der Waals surface area contributed by atoms with Crippen molar-refractivity contribution in [3.63, 3.8) is 0 Å². The molecule has 0 heterocycles. The normalized spacial score (nSPS) is 11.0. The van der Waals surface area contributed by atoms with Crippen molar-refractivity contribution in [2.24, 2.45) is 0 Å². The Labute approximate surface area is 164 Å². The lowest BCUT2D eigenvalue weighted by molar-refractivity contribution is -0.385. The maximum Gasteiger partial charge on any atom is 0.338 e. The van der Waals surface area contributed by atoms with Gasteiger partial charge in [0, 0.05) is 17.7 Å². The number of carbonyl (C=O) groups is 1. The van der Waals surface area contributed by atoms with Crippen LogP contribution in [0.5, 0.6) is 11.5 Å². The third kappa shape index (κ3) is 4.10. The highest BCUT2D eigenvalue weighted by molar-refractivity contribution is 7.92. The average molecular weight is 431 g/mol. The maximum atomic E-state index is 12.8. The van der Waals surface area contributed by atoms with Gasteiger partial charge in [-0.15, -0.1) is 0 Å². The number of benzene rings is 2. The van der Waals surface area contributed by atoms with Crippen molar-refractivity contribution in [1.29, 1.82) is 0 Å². The predicted octanol–water partition coefficient (Wildman–Crippen LogP) is 3.07. The first-order chi connectivity index (χ1) is 13.0. The minimum Gasteiger partial charge on any atom is -0.497 e. The Morgan fingerprint density at radius 3 is 2.36 bits per heavy atom. The molecule has 0 radical (unpaired) electrons. The van der Waals surface area contributed by atoms with Crippen LogP contribution in [0.2, 0.25) is 5.02 Å². The number of ether oxygens (including phenoxy) is 2. The van der Waals surface area contributed by atoms with E-state index in [4.69, 9.17) is 21.1 Å². The summed E-state index contributed by atoms with van der Waals surface area (Å²) in [6, 6.07) is 4.25. The molecule has 0 bridgehead atoms. The smallest absolute Gasteiger partial charge is 0.338 e. The third-order valence-electron chi connectivity index (χ3n) is 3.80. The van der Waals surface area contributed by atoms with Gasteiger partial charge in [-0.1, -0.05) is 11.6 Å². The van der Waals surface area contributed by atoms with E-state index in [2.05, 4.69) is 4.72 Å². The zero-order chi connectivity index (χ0) is 21.2. The van der Waals surface area contributed by atoms with Crippen LogP contribution < -0.4 is 14.2 Å². The molecule has 12 heteroatoms. The Morgan fingerprint density at radius 1 is 1.21 bits per heavy atom. The minimum atomic E-state index is -4.44. The number of nitrogens with zero attached hydrogens (tertiary/aromatic N) is 1. The first-order valence-corrected chi connectivity index (χ1v) is 9.34. The summed E-state index contributed by atoms with van der Waals surface area (Å²) in [4.78, 5) is 21.4. The lowest BCUT2D eigenvalue weighted by atomic mass is 10.1. The molecule has 0 saturated carbocycles. The molecular formula is C16H15ClN2O8S. The van der Waals surface area contributed by atoms with Crippen molar-refractivity contribution < 1.29 is 32.7 Å². The number of anilines is 1. The van der Waals surface area contributed by atoms with Crippen molar-refractivity contribution >= 4 is 39.0 Å². The summed E-state index contributed by atoms with van der Waals surface area (Å²) in [7, 11) is -1.92. The number of aromatic carboxylic acids is 1. The van der Waals surface area contributed by atoms with Crippen LogP contribution >= 0.6 is 11.6 Å². The van der Waals surface area contributed by atoms with E-state index < -0.39 is 37.1 Å². The SMILES string of the molecule is COc1cc(OC)c(NS(=O)(=O)c2cc(Cl)c(C)c([N+](=O)[O-])c2)c(C(=O)O)c1. The monoisotopic (exact) mass is 430 g/mol. The molecule has 2 N–H and O–H groups in total. The molecule has 10 nitrogen and oxygen atoms in total. The third-order valence-corrected chi connectivity index (χ3v) is 5.52. The number of nitrogens with one attached hydrogen (secondary N) is 1. The molecule has 0 aliphatic carbocycles. The minimum absolute atomic E-state index is 0.0962. The highest BCUT2D eigenvalue weighted by Crippen LogP contribution is 2.36. The van der Waals surface area contributed by atoms with Gasteiger partial charge >= 0.3 is 5.97 Å². The lowest BCUT2D eigenvalue weighted by Crippen LogP contribution is -2.17. The van der Waals surface area contributed by atoms with Crippen LogP contribution in [0, 0.1) is 17.0 Å². The second-order valence-corrected chi connectivity index (χ2v) is 7.56. The van der Waals surface area contributed by atoms with E-state index in [-0.39, 0.29) is 27.8 Å². The molecule has 2 aromatic rings. The number of carboxylic acids is 1. The molecule has 0 aliphatic rings. The summed E-state index contributed by atoms with van der Waals surface area (Å²) in [6.45, 7) is 1.37. The van der Waals surface area contributed by atoms with Crippen molar-refractivity contribution in [2.45, 2.75) is 11.8 Å². The highest BCUT2D eigenvalue weighted by Gasteiger charge is 2.26. The fraction of sp³-hybridized carbons (Fsp3) is 0.188. The Bertz CT molecular complexity index is 1070. The van der Waals surface area contributed by atoms with E-state index in [1.54, 1.807) is 0 Å². The molecule has 0 unspecified atom stereocenters. The zero-order valence-electron chi connectivity index (χ0n) is 14.8. The molecule has 2 rings (SSSR count). The largest absolute Gasteiger partial charge is 0.497 e. The molecule has 0 atom stereocenters. The van der Waals surface area contributed by atoms with Gasteiger partial charge in [0.1, 0.15) is 17.2 Å². The number of carboxylic acid groups (broad SMARTS) is 1. The van der Waals surface area contributed by atoms with Crippen LogP contribution in [0.25, 0.3) is 0 Å². The average Bonchev–Trinajstić information content (AvgIpc) is 2.62. The summed E-state index contributed by atoms with van der Waals surface area (Å²) >= 11 is 5.92. The number of methoxy groups -OCH3 is 2. The topological polar surface area (TPSA) is 145 Å². The molecule has 0 amide bonds. The van der Waals surface area contributed by atoms with E-state index in [0.717, 1.165) is 18.2 Å². The zero-order valence-corrected chi connectivity index (χ0v) is 16.4. The fourth-order valence-electron chi connectivity index (χ4n) is 2.32. The number of hydrogen-bond acceptors (Lipinski definition) is 7. The van der Waals surface area contributed by atoms with Crippen molar-refractivity contribution in [3.8, 4) is 11.5 Å². The van der Waals surface area contributed by atoms with Gasteiger partial charge in [-0.05, 0) is 19.1 Å². The van der Waals surface area contributed by atoms with E-state index >= 15 is 0 Å². The molecule has 150 valence electrons. The molecule has 0 aromatic heterocycles.